The van der Waals surface area contributed by atoms with Crippen LogP contribution in [0.1, 0.15) is 19.0 Å². The summed E-state index contributed by atoms with van der Waals surface area (Å²) >= 11 is 1.64. The summed E-state index contributed by atoms with van der Waals surface area (Å²) in [7, 11) is 1.83. The summed E-state index contributed by atoms with van der Waals surface area (Å²) in [4.78, 5) is 5.26. The minimum atomic E-state index is 0.698. The molecule has 0 aliphatic carbocycles. The highest BCUT2D eigenvalue weighted by atomic mass is 32.1. The maximum absolute atomic E-state index is 4.31. The van der Waals surface area contributed by atoms with Crippen molar-refractivity contribution in [1.82, 2.24) is 14.6 Å². The van der Waals surface area contributed by atoms with Crippen molar-refractivity contribution in [2.45, 2.75) is 19.8 Å². The van der Waals surface area contributed by atoms with Gasteiger partial charge in [-0.1, -0.05) is 13.3 Å². The molecular weight excluding hydrogens is 184 g/mol. The number of aromatic nitrogens is 3. The second-order valence-corrected chi connectivity index (χ2v) is 3.69. The Morgan fingerprint density at radius 2 is 2.46 bits per heavy atom. The first-order valence-electron chi connectivity index (χ1n) is 4.36. The number of nitrogens with one attached hydrogen (secondary N) is 1. The number of rotatable bonds is 3. The zero-order chi connectivity index (χ0) is 9.26. The minimum Gasteiger partial charge on any atom is -0.356 e. The SMILES string of the molecule is CCCc1csc2nc(NC)nn12. The molecule has 0 aromatic carbocycles. The molecule has 0 saturated carbocycles. The van der Waals surface area contributed by atoms with E-state index < -0.39 is 0 Å². The first kappa shape index (κ1) is 8.50. The van der Waals surface area contributed by atoms with E-state index in [-0.39, 0.29) is 0 Å². The normalized spacial score (nSPS) is 10.9. The largest absolute Gasteiger partial charge is 0.356 e. The maximum Gasteiger partial charge on any atom is 0.243 e. The van der Waals surface area contributed by atoms with Crippen LogP contribution in [-0.2, 0) is 6.42 Å². The molecule has 0 aliphatic rings. The third-order valence-electron chi connectivity index (χ3n) is 1.88. The van der Waals surface area contributed by atoms with Gasteiger partial charge in [-0.15, -0.1) is 16.4 Å². The van der Waals surface area contributed by atoms with Crippen LogP contribution in [0.3, 0.4) is 0 Å². The van der Waals surface area contributed by atoms with Gasteiger partial charge in [-0.25, -0.2) is 4.52 Å². The summed E-state index contributed by atoms with van der Waals surface area (Å²) < 4.78 is 1.92. The average molecular weight is 196 g/mol. The van der Waals surface area contributed by atoms with Crippen LogP contribution in [0.2, 0.25) is 0 Å². The highest BCUT2D eigenvalue weighted by Gasteiger charge is 2.07. The number of hydrogen-bond acceptors (Lipinski definition) is 4. The Balaban J connectivity index is 2.46. The van der Waals surface area contributed by atoms with Gasteiger partial charge in [0.15, 0.2) is 0 Å². The van der Waals surface area contributed by atoms with Gasteiger partial charge in [0.05, 0.1) is 5.69 Å². The van der Waals surface area contributed by atoms with Gasteiger partial charge in [-0.05, 0) is 6.42 Å². The van der Waals surface area contributed by atoms with E-state index in [9.17, 15) is 0 Å². The summed E-state index contributed by atoms with van der Waals surface area (Å²) in [6.07, 6.45) is 2.20. The highest BCUT2D eigenvalue weighted by molar-refractivity contribution is 7.15. The zero-order valence-electron chi connectivity index (χ0n) is 7.74. The second kappa shape index (κ2) is 3.33. The summed E-state index contributed by atoms with van der Waals surface area (Å²) in [5, 5.41) is 9.37. The first-order chi connectivity index (χ1) is 6.35. The van der Waals surface area contributed by atoms with Gasteiger partial charge in [-0.3, -0.25) is 0 Å². The van der Waals surface area contributed by atoms with E-state index in [2.05, 4.69) is 27.7 Å². The molecule has 5 heteroatoms. The number of thiazole rings is 1. The van der Waals surface area contributed by atoms with Crippen molar-refractivity contribution in [3.05, 3.63) is 11.1 Å². The number of nitrogens with zero attached hydrogens (tertiary/aromatic N) is 3. The summed E-state index contributed by atoms with van der Waals surface area (Å²) in [5.74, 6) is 0.698. The lowest BCUT2D eigenvalue weighted by molar-refractivity contribution is 0.819. The van der Waals surface area contributed by atoms with Gasteiger partial charge in [0, 0.05) is 12.4 Å². The van der Waals surface area contributed by atoms with Crippen molar-refractivity contribution in [3.8, 4) is 0 Å². The fourth-order valence-electron chi connectivity index (χ4n) is 1.26. The van der Waals surface area contributed by atoms with E-state index >= 15 is 0 Å². The molecule has 70 valence electrons. The molecule has 0 saturated heterocycles. The molecule has 0 spiro atoms. The van der Waals surface area contributed by atoms with E-state index in [0.717, 1.165) is 17.8 Å². The van der Waals surface area contributed by atoms with Gasteiger partial charge >= 0.3 is 0 Å². The lowest BCUT2D eigenvalue weighted by Gasteiger charge is -1.92. The smallest absolute Gasteiger partial charge is 0.243 e. The molecule has 0 aliphatic heterocycles. The van der Waals surface area contributed by atoms with Crippen LogP contribution in [0.15, 0.2) is 5.38 Å². The molecule has 0 fully saturated rings. The topological polar surface area (TPSA) is 42.2 Å². The maximum atomic E-state index is 4.31. The third kappa shape index (κ3) is 1.39. The summed E-state index contributed by atoms with van der Waals surface area (Å²) in [6.45, 7) is 2.17. The van der Waals surface area contributed by atoms with E-state index in [1.54, 1.807) is 11.3 Å². The van der Waals surface area contributed by atoms with Crippen LogP contribution in [0.25, 0.3) is 4.96 Å². The van der Waals surface area contributed by atoms with Crippen LogP contribution in [0.5, 0.6) is 0 Å². The van der Waals surface area contributed by atoms with E-state index in [0.29, 0.717) is 5.95 Å². The molecule has 2 aromatic rings. The Hall–Kier alpha value is -1.10. The number of anilines is 1. The molecule has 0 unspecified atom stereocenters. The fraction of sp³-hybridized carbons (Fsp3) is 0.500. The number of hydrogen-bond donors (Lipinski definition) is 1. The molecule has 2 heterocycles. The molecule has 4 nitrogen and oxygen atoms in total. The van der Waals surface area contributed by atoms with E-state index in [1.165, 1.54) is 5.69 Å². The fourth-order valence-corrected chi connectivity index (χ4v) is 2.11. The standard InChI is InChI=1S/C8H12N4S/c1-3-4-6-5-13-8-10-7(9-2)11-12(6)8/h5H,3-4H2,1-2H3,(H,9,11). The number of fused-ring (bicyclic) bond motifs is 1. The van der Waals surface area contributed by atoms with Crippen LogP contribution in [0, 0.1) is 0 Å². The van der Waals surface area contributed by atoms with Crippen LogP contribution in [0.4, 0.5) is 5.95 Å². The molecule has 0 bridgehead atoms. The summed E-state index contributed by atoms with van der Waals surface area (Å²) in [6, 6.07) is 0. The molecule has 13 heavy (non-hydrogen) atoms. The van der Waals surface area contributed by atoms with Crippen LogP contribution in [-0.4, -0.2) is 21.6 Å². The van der Waals surface area contributed by atoms with Crippen molar-refractivity contribution in [3.63, 3.8) is 0 Å². The Bertz CT molecular complexity index is 403. The lowest BCUT2D eigenvalue weighted by atomic mass is 10.3. The van der Waals surface area contributed by atoms with Crippen LogP contribution < -0.4 is 5.32 Å². The zero-order valence-corrected chi connectivity index (χ0v) is 8.56. The molecule has 0 radical (unpaired) electrons. The van der Waals surface area contributed by atoms with Crippen molar-refractivity contribution in [1.29, 1.82) is 0 Å². The molecule has 0 amide bonds. The highest BCUT2D eigenvalue weighted by Crippen LogP contribution is 2.16. The average Bonchev–Trinajstić information content (AvgIpc) is 2.67. The van der Waals surface area contributed by atoms with Gasteiger partial charge < -0.3 is 5.32 Å². The Kier molecular flexibility index (Phi) is 2.18. The second-order valence-electron chi connectivity index (χ2n) is 2.86. The third-order valence-corrected chi connectivity index (χ3v) is 2.74. The monoisotopic (exact) mass is 196 g/mol. The summed E-state index contributed by atoms with van der Waals surface area (Å²) in [5.41, 5.74) is 1.25. The number of aryl methyl sites for hydroxylation is 1. The predicted octanol–water partition coefficient (Wildman–Crippen LogP) is 1.78. The van der Waals surface area contributed by atoms with E-state index in [1.807, 2.05) is 11.6 Å². The van der Waals surface area contributed by atoms with Crippen LogP contribution >= 0.6 is 11.3 Å². The molecule has 1 N–H and O–H groups in total. The molecular formula is C8H12N4S. The molecule has 2 aromatic heterocycles. The van der Waals surface area contributed by atoms with Crippen molar-refractivity contribution < 1.29 is 0 Å². The van der Waals surface area contributed by atoms with Crippen molar-refractivity contribution in [2.75, 3.05) is 12.4 Å². The Labute approximate surface area is 80.6 Å². The van der Waals surface area contributed by atoms with Gasteiger partial charge in [0.1, 0.15) is 0 Å². The minimum absolute atomic E-state index is 0.698. The molecule has 0 atom stereocenters. The van der Waals surface area contributed by atoms with E-state index in [4.69, 9.17) is 0 Å². The van der Waals surface area contributed by atoms with Gasteiger partial charge in [0.25, 0.3) is 0 Å². The van der Waals surface area contributed by atoms with Crippen molar-refractivity contribution >= 4 is 22.2 Å². The molecule has 2 rings (SSSR count). The first-order valence-corrected chi connectivity index (χ1v) is 5.24. The van der Waals surface area contributed by atoms with Crippen molar-refractivity contribution in [2.24, 2.45) is 0 Å². The Morgan fingerprint density at radius 1 is 1.62 bits per heavy atom. The predicted molar refractivity (Wildman–Crippen MR) is 54.4 cm³/mol. The lowest BCUT2D eigenvalue weighted by Crippen LogP contribution is -1.94. The van der Waals surface area contributed by atoms with Gasteiger partial charge in [0.2, 0.25) is 10.9 Å². The van der Waals surface area contributed by atoms with Gasteiger partial charge in [-0.2, -0.15) is 4.98 Å². The Morgan fingerprint density at radius 3 is 3.15 bits per heavy atom. The quantitative estimate of drug-likeness (QED) is 0.813.